The van der Waals surface area contributed by atoms with Gasteiger partial charge in [-0.15, -0.1) is 16.8 Å². The van der Waals surface area contributed by atoms with Gasteiger partial charge in [-0.25, -0.2) is 0 Å². The lowest BCUT2D eigenvalue weighted by molar-refractivity contribution is 0.129. The summed E-state index contributed by atoms with van der Waals surface area (Å²) in [4.78, 5) is 2.16. The number of ether oxygens (including phenoxy) is 2. The van der Waals surface area contributed by atoms with Crippen molar-refractivity contribution in [2.45, 2.75) is 43.7 Å². The van der Waals surface area contributed by atoms with E-state index in [1.807, 2.05) is 25.3 Å². The predicted molar refractivity (Wildman–Crippen MR) is 110 cm³/mol. The monoisotopic (exact) mass is 404 g/mol. The van der Waals surface area contributed by atoms with Crippen LogP contribution in [0.4, 0.5) is 0 Å². The summed E-state index contributed by atoms with van der Waals surface area (Å²) in [5.41, 5.74) is 1.06. The number of thioether (sulfide) groups is 1. The molecular weight excluding hydrogens is 376 g/mol. The fraction of sp³-hybridized carbons (Fsp3) is 0.500. The number of hydrogen-bond acceptors (Lipinski definition) is 7. The van der Waals surface area contributed by atoms with E-state index >= 15 is 0 Å². The van der Waals surface area contributed by atoms with E-state index < -0.39 is 0 Å². The molecule has 8 heteroatoms. The van der Waals surface area contributed by atoms with E-state index in [4.69, 9.17) is 9.47 Å². The van der Waals surface area contributed by atoms with Crippen LogP contribution in [0.1, 0.15) is 24.2 Å². The molecule has 1 aromatic heterocycles. The lowest BCUT2D eigenvalue weighted by Gasteiger charge is -2.18. The van der Waals surface area contributed by atoms with Crippen molar-refractivity contribution >= 4 is 11.8 Å². The zero-order valence-corrected chi connectivity index (χ0v) is 17.3. The Bertz CT molecular complexity index is 790. The molecule has 0 radical (unpaired) electrons. The lowest BCUT2D eigenvalue weighted by atomic mass is 10.2. The van der Waals surface area contributed by atoms with Crippen LogP contribution < -0.4 is 4.74 Å². The summed E-state index contributed by atoms with van der Waals surface area (Å²) in [6.07, 6.45) is 4.44. The van der Waals surface area contributed by atoms with Crippen molar-refractivity contribution in [3.63, 3.8) is 0 Å². The maximum Gasteiger partial charge on any atom is 0.191 e. The van der Waals surface area contributed by atoms with Crippen LogP contribution in [0, 0.1) is 0 Å². The molecular formula is C20H28N4O3S. The highest BCUT2D eigenvalue weighted by atomic mass is 32.2. The molecule has 0 bridgehead atoms. The Morgan fingerprint density at radius 3 is 3.00 bits per heavy atom. The number of nitrogens with zero attached hydrogens (tertiary/aromatic N) is 4. The number of phenols is 1. The standard InChI is InChI=1S/C20H28N4O3S/c1-4-9-24-19(21-22-20(24)28-14-16-6-5-10-27-16)13-23(2)12-15-7-8-17(25)18(11-15)26-3/h4,7-8,11,16,25H,1,5-6,9-10,12-14H2,2-3H3. The van der Waals surface area contributed by atoms with Crippen molar-refractivity contribution in [1.82, 2.24) is 19.7 Å². The third kappa shape index (κ3) is 5.27. The van der Waals surface area contributed by atoms with Crippen molar-refractivity contribution in [1.29, 1.82) is 0 Å². The average Bonchev–Trinajstić information content (AvgIpc) is 3.33. The zero-order valence-electron chi connectivity index (χ0n) is 16.5. The van der Waals surface area contributed by atoms with Gasteiger partial charge in [0.1, 0.15) is 5.82 Å². The maximum atomic E-state index is 9.75. The molecule has 0 aliphatic carbocycles. The van der Waals surface area contributed by atoms with Crippen molar-refractivity contribution in [2.75, 3.05) is 26.5 Å². The molecule has 2 heterocycles. The van der Waals surface area contributed by atoms with E-state index in [-0.39, 0.29) is 5.75 Å². The van der Waals surface area contributed by atoms with Crippen molar-refractivity contribution in [2.24, 2.45) is 0 Å². The number of aromatic nitrogens is 3. The summed E-state index contributed by atoms with van der Waals surface area (Å²) in [6.45, 7) is 6.77. The van der Waals surface area contributed by atoms with E-state index in [0.717, 1.165) is 41.7 Å². The van der Waals surface area contributed by atoms with Gasteiger partial charge in [0.15, 0.2) is 16.7 Å². The third-order valence-corrected chi connectivity index (χ3v) is 5.73. The van der Waals surface area contributed by atoms with E-state index in [9.17, 15) is 5.11 Å². The molecule has 1 fully saturated rings. The van der Waals surface area contributed by atoms with Crippen LogP contribution in [0.3, 0.4) is 0 Å². The summed E-state index contributed by atoms with van der Waals surface area (Å²) >= 11 is 1.70. The Labute approximate surface area is 170 Å². The minimum atomic E-state index is 0.146. The third-order valence-electron chi connectivity index (χ3n) is 4.64. The predicted octanol–water partition coefficient (Wildman–Crippen LogP) is 3.08. The topological polar surface area (TPSA) is 72.6 Å². The number of methoxy groups -OCH3 is 1. The van der Waals surface area contributed by atoms with Gasteiger partial charge in [-0.1, -0.05) is 23.9 Å². The molecule has 1 aromatic carbocycles. The fourth-order valence-electron chi connectivity index (χ4n) is 3.23. The molecule has 3 rings (SSSR count). The van der Waals surface area contributed by atoms with Crippen molar-refractivity contribution in [3.05, 3.63) is 42.2 Å². The second-order valence-electron chi connectivity index (χ2n) is 6.92. The Morgan fingerprint density at radius 2 is 2.29 bits per heavy atom. The molecule has 7 nitrogen and oxygen atoms in total. The van der Waals surface area contributed by atoms with Gasteiger partial charge < -0.3 is 19.1 Å². The SMILES string of the molecule is C=CCn1c(CN(C)Cc2ccc(O)c(OC)c2)nnc1SCC1CCCO1. The summed E-state index contributed by atoms with van der Waals surface area (Å²) in [5.74, 6) is 2.43. The number of aromatic hydroxyl groups is 1. The van der Waals surface area contributed by atoms with Crippen LogP contribution in [-0.2, 0) is 24.4 Å². The molecule has 1 unspecified atom stereocenters. The average molecular weight is 405 g/mol. The van der Waals surface area contributed by atoms with Gasteiger partial charge in [-0.05, 0) is 37.6 Å². The quantitative estimate of drug-likeness (QED) is 0.482. The summed E-state index contributed by atoms with van der Waals surface area (Å²) in [7, 11) is 3.58. The first-order valence-electron chi connectivity index (χ1n) is 9.42. The van der Waals surface area contributed by atoms with Crippen LogP contribution in [0.25, 0.3) is 0 Å². The van der Waals surface area contributed by atoms with E-state index in [1.54, 1.807) is 24.9 Å². The highest BCUT2D eigenvalue weighted by molar-refractivity contribution is 7.99. The van der Waals surface area contributed by atoms with E-state index in [2.05, 4.69) is 26.2 Å². The van der Waals surface area contributed by atoms with Crippen LogP contribution in [0.5, 0.6) is 11.5 Å². The van der Waals surface area contributed by atoms with Gasteiger partial charge >= 0.3 is 0 Å². The van der Waals surface area contributed by atoms with Crippen LogP contribution in [-0.4, -0.2) is 57.4 Å². The van der Waals surface area contributed by atoms with Gasteiger partial charge in [-0.3, -0.25) is 4.90 Å². The first-order valence-corrected chi connectivity index (χ1v) is 10.4. The van der Waals surface area contributed by atoms with E-state index in [1.165, 1.54) is 0 Å². The normalized spacial score (nSPS) is 16.6. The first-order chi connectivity index (χ1) is 13.6. The second kappa shape index (κ2) is 9.95. The maximum absolute atomic E-state index is 9.75. The molecule has 1 atom stereocenters. The fourth-order valence-corrected chi connectivity index (χ4v) is 4.26. The van der Waals surface area contributed by atoms with Gasteiger partial charge in [0.25, 0.3) is 0 Å². The Hall–Kier alpha value is -2.03. The van der Waals surface area contributed by atoms with Crippen LogP contribution in [0.15, 0.2) is 36.0 Å². The first kappa shape index (κ1) is 20.7. The van der Waals surface area contributed by atoms with E-state index in [0.29, 0.717) is 31.5 Å². The molecule has 152 valence electrons. The minimum absolute atomic E-state index is 0.146. The van der Waals surface area contributed by atoms with Crippen molar-refractivity contribution < 1.29 is 14.6 Å². The van der Waals surface area contributed by atoms with Crippen molar-refractivity contribution in [3.8, 4) is 11.5 Å². The molecule has 2 aromatic rings. The van der Waals surface area contributed by atoms with Gasteiger partial charge in [0.2, 0.25) is 0 Å². The largest absolute Gasteiger partial charge is 0.504 e. The highest BCUT2D eigenvalue weighted by Gasteiger charge is 2.19. The van der Waals surface area contributed by atoms with Crippen LogP contribution in [0.2, 0.25) is 0 Å². The summed E-state index contributed by atoms with van der Waals surface area (Å²) < 4.78 is 13.0. The Balaban J connectivity index is 1.64. The number of benzene rings is 1. The molecule has 28 heavy (non-hydrogen) atoms. The Morgan fingerprint density at radius 1 is 1.43 bits per heavy atom. The smallest absolute Gasteiger partial charge is 0.191 e. The lowest BCUT2D eigenvalue weighted by Crippen LogP contribution is -2.20. The summed E-state index contributed by atoms with van der Waals surface area (Å²) in [5, 5.41) is 19.5. The Kier molecular flexibility index (Phi) is 7.36. The molecule has 0 spiro atoms. The number of phenolic OH excluding ortho intramolecular Hbond substituents is 1. The van der Waals surface area contributed by atoms with Crippen LogP contribution >= 0.6 is 11.8 Å². The molecule has 1 N–H and O–H groups in total. The number of allylic oxidation sites excluding steroid dienone is 1. The zero-order chi connectivity index (χ0) is 19.9. The molecule has 1 aliphatic heterocycles. The molecule has 1 aliphatic rings. The number of rotatable bonds is 10. The molecule has 0 saturated carbocycles. The summed E-state index contributed by atoms with van der Waals surface area (Å²) in [6, 6.07) is 5.40. The van der Waals surface area contributed by atoms with Gasteiger partial charge in [0.05, 0.1) is 19.8 Å². The molecule has 1 saturated heterocycles. The number of hydrogen-bond donors (Lipinski definition) is 1. The minimum Gasteiger partial charge on any atom is -0.504 e. The van der Waals surface area contributed by atoms with Gasteiger partial charge in [-0.2, -0.15) is 0 Å². The highest BCUT2D eigenvalue weighted by Crippen LogP contribution is 2.27. The molecule has 0 amide bonds. The van der Waals surface area contributed by atoms with Gasteiger partial charge in [0, 0.05) is 25.4 Å². The second-order valence-corrected chi connectivity index (χ2v) is 7.91.